The number of esters is 2. The molecule has 0 aliphatic heterocycles. The van der Waals surface area contributed by atoms with Gasteiger partial charge in [0, 0.05) is 12.2 Å². The molecule has 2 heterocycles. The molecule has 8 heteroatoms. The summed E-state index contributed by atoms with van der Waals surface area (Å²) >= 11 is 0. The minimum atomic E-state index is -0.570. The Morgan fingerprint density at radius 3 is 1.50 bits per heavy atom. The van der Waals surface area contributed by atoms with Crippen molar-refractivity contribution in [1.82, 2.24) is 9.03 Å². The van der Waals surface area contributed by atoms with Crippen molar-refractivity contribution in [2.45, 2.75) is 27.7 Å². The molecule has 0 aliphatic rings. The molecule has 0 saturated carbocycles. The van der Waals surface area contributed by atoms with Gasteiger partial charge in [0.15, 0.2) is 0 Å². The number of carbonyl (C=O) groups is 2. The quantitative estimate of drug-likeness (QED) is 0.563. The van der Waals surface area contributed by atoms with Crippen LogP contribution in [0, 0.1) is 13.8 Å². The summed E-state index contributed by atoms with van der Waals surface area (Å²) in [5.41, 5.74) is 0.346. The van der Waals surface area contributed by atoms with Crippen LogP contribution in [0.15, 0.2) is 21.7 Å². The maximum absolute atomic E-state index is 12.6. The molecule has 2 aromatic rings. The van der Waals surface area contributed by atoms with E-state index >= 15 is 0 Å². The van der Waals surface area contributed by atoms with E-state index in [1.807, 2.05) is 0 Å². The number of aromatic nitrogens is 2. The molecule has 0 radical (unpaired) electrons. The highest BCUT2D eigenvalue weighted by molar-refractivity contribution is 5.88. The summed E-state index contributed by atoms with van der Waals surface area (Å²) in [6.07, 6.45) is 4.97. The minimum absolute atomic E-state index is 0.221. The number of nitrogens with zero attached hydrogens (tertiary/aromatic N) is 2. The monoisotopic (exact) mass is 360 g/mol. The lowest BCUT2D eigenvalue weighted by Gasteiger charge is -1.97. The Labute approximate surface area is 149 Å². The first-order valence-electron chi connectivity index (χ1n) is 8.13. The van der Waals surface area contributed by atoms with Crippen molar-refractivity contribution in [3.05, 3.63) is 55.4 Å². The van der Waals surface area contributed by atoms with Gasteiger partial charge in [-0.05, 0) is 39.8 Å². The van der Waals surface area contributed by atoms with Gasteiger partial charge in [0.1, 0.15) is 0 Å². The molecule has 0 bridgehead atoms. The predicted octanol–water partition coefficient (Wildman–Crippen LogP) is 0.966. The Hall–Kier alpha value is -3.16. The van der Waals surface area contributed by atoms with Gasteiger partial charge in [0.25, 0.3) is 11.1 Å². The second-order valence-corrected chi connectivity index (χ2v) is 5.40. The molecular formula is C18H20N2O6. The Kier molecular flexibility index (Phi) is 5.76. The topological polar surface area (TPSA) is 95.6 Å². The van der Waals surface area contributed by atoms with Gasteiger partial charge in [-0.3, -0.25) is 14.1 Å². The van der Waals surface area contributed by atoms with E-state index in [1.54, 1.807) is 27.7 Å². The first-order valence-corrected chi connectivity index (χ1v) is 8.13. The van der Waals surface area contributed by atoms with E-state index in [0.29, 0.717) is 11.4 Å². The van der Waals surface area contributed by atoms with E-state index < -0.39 is 23.1 Å². The molecule has 26 heavy (non-hydrogen) atoms. The maximum Gasteiger partial charge on any atom is 0.330 e. The lowest BCUT2D eigenvalue weighted by molar-refractivity contribution is -0.138. The Bertz CT molecular complexity index is 932. The van der Waals surface area contributed by atoms with E-state index in [1.165, 1.54) is 16.7 Å². The molecule has 2 aromatic heterocycles. The molecule has 0 aromatic carbocycles. The van der Waals surface area contributed by atoms with Crippen LogP contribution in [0.2, 0.25) is 0 Å². The third kappa shape index (κ3) is 3.44. The maximum atomic E-state index is 12.6. The van der Waals surface area contributed by atoms with Crippen LogP contribution in [0.4, 0.5) is 0 Å². The lowest BCUT2D eigenvalue weighted by atomic mass is 10.2. The summed E-state index contributed by atoms with van der Waals surface area (Å²) in [7, 11) is 0. The standard InChI is InChI=1S/C18H20N2O6/c1-5-25-15(21)9-7-13-11(3)19-12(4)14(8-10-16(22)26-6-2)18(24)20(19)17(13)23/h7-10H,5-6H2,1-4H3/b9-7+,10-8+. The van der Waals surface area contributed by atoms with Crippen molar-refractivity contribution in [1.29, 1.82) is 0 Å². The highest BCUT2D eigenvalue weighted by Crippen LogP contribution is 2.12. The number of fused-ring (bicyclic) bond motifs is 1. The van der Waals surface area contributed by atoms with Crippen molar-refractivity contribution in [3.63, 3.8) is 0 Å². The second kappa shape index (κ2) is 7.81. The van der Waals surface area contributed by atoms with Crippen LogP contribution in [0.3, 0.4) is 0 Å². The molecule has 0 aliphatic carbocycles. The third-order valence-electron chi connectivity index (χ3n) is 3.81. The zero-order chi connectivity index (χ0) is 19.4. The molecule has 0 N–H and O–H groups in total. The summed E-state index contributed by atoms with van der Waals surface area (Å²) in [5, 5.41) is 0. The average Bonchev–Trinajstić information content (AvgIpc) is 2.98. The molecule has 0 atom stereocenters. The van der Waals surface area contributed by atoms with Crippen molar-refractivity contribution < 1.29 is 19.1 Å². The number of hydrogen-bond donors (Lipinski definition) is 0. The first kappa shape index (κ1) is 19.2. The molecule has 138 valence electrons. The Morgan fingerprint density at radius 2 is 1.19 bits per heavy atom. The fourth-order valence-electron chi connectivity index (χ4n) is 2.66. The van der Waals surface area contributed by atoms with Crippen LogP contribution in [-0.4, -0.2) is 34.2 Å². The molecule has 2 rings (SSSR count). The summed E-state index contributed by atoms with van der Waals surface area (Å²) in [4.78, 5) is 48.0. The van der Waals surface area contributed by atoms with E-state index in [9.17, 15) is 19.2 Å². The largest absolute Gasteiger partial charge is 0.463 e. The van der Waals surface area contributed by atoms with Crippen molar-refractivity contribution in [2.75, 3.05) is 13.2 Å². The number of hydrogen-bond acceptors (Lipinski definition) is 6. The second-order valence-electron chi connectivity index (χ2n) is 5.40. The summed E-state index contributed by atoms with van der Waals surface area (Å²) in [6.45, 7) is 7.14. The van der Waals surface area contributed by atoms with Gasteiger partial charge in [-0.2, -0.15) is 4.52 Å². The molecule has 8 nitrogen and oxygen atoms in total. The predicted molar refractivity (Wildman–Crippen MR) is 95.4 cm³/mol. The van der Waals surface area contributed by atoms with Crippen LogP contribution < -0.4 is 11.1 Å². The molecule has 0 saturated heterocycles. The summed E-state index contributed by atoms with van der Waals surface area (Å²) in [6, 6.07) is 0. The normalized spacial score (nSPS) is 11.7. The van der Waals surface area contributed by atoms with Gasteiger partial charge in [0.05, 0.1) is 35.7 Å². The highest BCUT2D eigenvalue weighted by Gasteiger charge is 2.20. The third-order valence-corrected chi connectivity index (χ3v) is 3.81. The van der Waals surface area contributed by atoms with Gasteiger partial charge < -0.3 is 9.47 Å². The molecule has 0 amide bonds. The van der Waals surface area contributed by atoms with E-state index in [2.05, 4.69) is 0 Å². The van der Waals surface area contributed by atoms with Gasteiger partial charge in [-0.1, -0.05) is 0 Å². The highest BCUT2D eigenvalue weighted by atomic mass is 16.5. The number of aryl methyl sites for hydroxylation is 2. The van der Waals surface area contributed by atoms with Crippen LogP contribution >= 0.6 is 0 Å². The van der Waals surface area contributed by atoms with Crippen LogP contribution in [0.5, 0.6) is 0 Å². The van der Waals surface area contributed by atoms with Crippen molar-refractivity contribution in [2.24, 2.45) is 0 Å². The number of rotatable bonds is 6. The van der Waals surface area contributed by atoms with Gasteiger partial charge in [-0.15, -0.1) is 0 Å². The molecule has 0 spiro atoms. The first-order chi connectivity index (χ1) is 12.3. The smallest absolute Gasteiger partial charge is 0.330 e. The van der Waals surface area contributed by atoms with E-state index in [4.69, 9.17) is 9.47 Å². The Balaban J connectivity index is 2.53. The summed E-state index contributed by atoms with van der Waals surface area (Å²) in [5.74, 6) is -1.14. The van der Waals surface area contributed by atoms with Crippen LogP contribution in [-0.2, 0) is 19.1 Å². The van der Waals surface area contributed by atoms with E-state index in [0.717, 1.165) is 16.7 Å². The SMILES string of the molecule is CCOC(=O)/C=C/c1c(C)n2c(C)c(/C=C/C(=O)OCC)c(=O)n2c1=O. The number of carbonyl (C=O) groups excluding carboxylic acids is 2. The minimum Gasteiger partial charge on any atom is -0.463 e. The zero-order valence-corrected chi connectivity index (χ0v) is 15.1. The van der Waals surface area contributed by atoms with E-state index in [-0.39, 0.29) is 24.3 Å². The molecular weight excluding hydrogens is 340 g/mol. The van der Waals surface area contributed by atoms with Crippen molar-refractivity contribution in [3.8, 4) is 0 Å². The zero-order valence-electron chi connectivity index (χ0n) is 15.1. The van der Waals surface area contributed by atoms with Crippen LogP contribution in [0.1, 0.15) is 36.4 Å². The fourth-order valence-corrected chi connectivity index (χ4v) is 2.66. The molecule has 0 unspecified atom stereocenters. The fraction of sp³-hybridized carbons (Fsp3) is 0.333. The lowest BCUT2D eigenvalue weighted by Crippen LogP contribution is -2.23. The Morgan fingerprint density at radius 1 is 0.808 bits per heavy atom. The van der Waals surface area contributed by atoms with Gasteiger partial charge in [0.2, 0.25) is 0 Å². The van der Waals surface area contributed by atoms with Gasteiger partial charge in [-0.25, -0.2) is 9.59 Å². The van der Waals surface area contributed by atoms with Gasteiger partial charge >= 0.3 is 11.9 Å². The average molecular weight is 360 g/mol. The van der Waals surface area contributed by atoms with Crippen LogP contribution in [0.25, 0.3) is 12.2 Å². The number of ether oxygens (including phenoxy) is 2. The molecule has 0 fully saturated rings. The summed E-state index contributed by atoms with van der Waals surface area (Å²) < 4.78 is 12.0. The van der Waals surface area contributed by atoms with Crippen molar-refractivity contribution >= 4 is 24.1 Å².